The van der Waals surface area contributed by atoms with Gasteiger partial charge < -0.3 is 0 Å². The van der Waals surface area contributed by atoms with Gasteiger partial charge in [0.15, 0.2) is 0 Å². The van der Waals surface area contributed by atoms with Crippen molar-refractivity contribution in [1.82, 2.24) is 0 Å². The number of halogens is 1. The van der Waals surface area contributed by atoms with Crippen molar-refractivity contribution >= 4 is 22.2 Å². The Hall–Kier alpha value is -0.630. The van der Waals surface area contributed by atoms with Crippen molar-refractivity contribution in [1.29, 1.82) is 0 Å². The van der Waals surface area contributed by atoms with Gasteiger partial charge in [-0.1, -0.05) is 28.0 Å². The van der Waals surface area contributed by atoms with Gasteiger partial charge in [-0.25, -0.2) is 0 Å². The van der Waals surface area contributed by atoms with Crippen LogP contribution in [-0.2, 0) is 0 Å². The van der Waals surface area contributed by atoms with E-state index in [1.165, 1.54) is 6.07 Å². The van der Waals surface area contributed by atoms with Gasteiger partial charge in [-0.2, -0.15) is 0 Å². The predicted octanol–water partition coefficient (Wildman–Crippen LogP) is 2.26. The maximum atomic E-state index is 10.2. The van der Waals surface area contributed by atoms with E-state index in [4.69, 9.17) is 1.37 Å². The molecule has 0 aliphatic rings. The lowest BCUT2D eigenvalue weighted by Crippen LogP contribution is -1.75. The van der Waals surface area contributed by atoms with E-state index in [1.807, 2.05) is 0 Å². The average molecular weight is 186 g/mol. The summed E-state index contributed by atoms with van der Waals surface area (Å²) in [6.45, 7) is 0. The average Bonchev–Trinajstić information content (AvgIpc) is 1.85. The third-order valence-electron chi connectivity index (χ3n) is 0.912. The molecule has 0 N–H and O–H groups in total. The second-order valence-electron chi connectivity index (χ2n) is 1.60. The van der Waals surface area contributed by atoms with Crippen LogP contribution in [0.4, 0.5) is 0 Å². The van der Waals surface area contributed by atoms with Crippen molar-refractivity contribution < 1.29 is 6.17 Å². The standard InChI is InChI=1S/C7H5BrO/c8-7-3-1-2-6(4-7)5-9/h1-5H/i1D. The van der Waals surface area contributed by atoms with Crippen LogP contribution in [0.25, 0.3) is 0 Å². The summed E-state index contributed by atoms with van der Waals surface area (Å²) < 4.78 is 7.96. The number of rotatable bonds is 1. The topological polar surface area (TPSA) is 17.1 Å². The van der Waals surface area contributed by atoms with Crippen LogP contribution in [0.5, 0.6) is 0 Å². The van der Waals surface area contributed by atoms with Crippen molar-refractivity contribution in [2.75, 3.05) is 0 Å². The van der Waals surface area contributed by atoms with Crippen molar-refractivity contribution in [2.24, 2.45) is 0 Å². The minimum absolute atomic E-state index is 0.344. The van der Waals surface area contributed by atoms with Crippen LogP contribution in [0.3, 0.4) is 0 Å². The third-order valence-corrected chi connectivity index (χ3v) is 1.37. The maximum Gasteiger partial charge on any atom is 0.150 e. The first-order chi connectivity index (χ1) is 4.72. The number of carbonyl (C=O) groups excluding carboxylic acids is 1. The van der Waals surface area contributed by atoms with Crippen LogP contribution in [-0.4, -0.2) is 6.29 Å². The van der Waals surface area contributed by atoms with Gasteiger partial charge in [-0.3, -0.25) is 4.79 Å². The number of benzene rings is 1. The quantitative estimate of drug-likeness (QED) is 0.614. The zero-order valence-electron chi connectivity index (χ0n) is 5.60. The summed E-state index contributed by atoms with van der Waals surface area (Å²) in [6, 6.07) is 5.16. The van der Waals surface area contributed by atoms with E-state index in [0.717, 1.165) is 10.8 Å². The molecular formula is C7H5BrO. The van der Waals surface area contributed by atoms with Crippen LogP contribution < -0.4 is 0 Å². The van der Waals surface area contributed by atoms with Crippen LogP contribution in [0.1, 0.15) is 11.7 Å². The minimum Gasteiger partial charge on any atom is -0.298 e. The smallest absolute Gasteiger partial charge is 0.150 e. The highest BCUT2D eigenvalue weighted by Gasteiger charge is 1.87. The molecule has 0 aliphatic carbocycles. The summed E-state index contributed by atoms with van der Waals surface area (Å²) in [5.74, 6) is 0. The highest BCUT2D eigenvalue weighted by molar-refractivity contribution is 9.10. The zero-order valence-corrected chi connectivity index (χ0v) is 6.18. The molecule has 0 amide bonds. The fourth-order valence-electron chi connectivity index (χ4n) is 0.528. The van der Waals surface area contributed by atoms with Crippen molar-refractivity contribution in [3.63, 3.8) is 0 Å². The van der Waals surface area contributed by atoms with Crippen LogP contribution in [0.2, 0.25) is 0 Å². The third kappa shape index (κ3) is 1.64. The molecule has 1 rings (SSSR count). The van der Waals surface area contributed by atoms with Crippen molar-refractivity contribution in [3.05, 3.63) is 34.3 Å². The summed E-state index contributed by atoms with van der Waals surface area (Å²) >= 11 is 3.17. The van der Waals surface area contributed by atoms with Gasteiger partial charge in [0.2, 0.25) is 0 Å². The molecule has 0 aliphatic heterocycles. The Balaban J connectivity index is 3.18. The second-order valence-corrected chi connectivity index (χ2v) is 2.52. The first kappa shape index (κ1) is 5.18. The van der Waals surface area contributed by atoms with Gasteiger partial charge in [0.1, 0.15) is 6.29 Å². The molecule has 0 saturated carbocycles. The van der Waals surface area contributed by atoms with Crippen molar-refractivity contribution in [2.45, 2.75) is 0 Å². The van der Waals surface area contributed by atoms with Crippen LogP contribution >= 0.6 is 15.9 Å². The summed E-state index contributed by atoms with van der Waals surface area (Å²) in [5, 5.41) is 0. The molecule has 0 heterocycles. The summed E-state index contributed by atoms with van der Waals surface area (Å²) in [7, 11) is 0. The highest BCUT2D eigenvalue weighted by atomic mass is 79.9. The molecule has 0 spiro atoms. The van der Waals surface area contributed by atoms with E-state index >= 15 is 0 Å². The molecule has 1 aromatic carbocycles. The molecule has 46 valence electrons. The lowest BCUT2D eigenvalue weighted by Gasteiger charge is -1.88. The largest absolute Gasteiger partial charge is 0.298 e. The Morgan fingerprint density at radius 2 is 2.44 bits per heavy atom. The lowest BCUT2D eigenvalue weighted by molar-refractivity contribution is 0.112. The second kappa shape index (κ2) is 2.78. The van der Waals surface area contributed by atoms with E-state index in [2.05, 4.69) is 15.9 Å². The summed E-state index contributed by atoms with van der Waals surface area (Å²) in [5.41, 5.74) is 0.527. The predicted molar refractivity (Wildman–Crippen MR) is 39.5 cm³/mol. The first-order valence-electron chi connectivity index (χ1n) is 2.95. The molecule has 0 atom stereocenters. The van der Waals surface area contributed by atoms with Gasteiger partial charge in [0.05, 0.1) is 1.37 Å². The van der Waals surface area contributed by atoms with Gasteiger partial charge in [-0.15, -0.1) is 0 Å². The molecule has 0 bridgehead atoms. The molecule has 1 aromatic rings. The zero-order chi connectivity index (χ0) is 7.56. The molecule has 0 aromatic heterocycles. The van der Waals surface area contributed by atoms with E-state index in [9.17, 15) is 4.79 Å². The van der Waals surface area contributed by atoms with Gasteiger partial charge in [-0.05, 0) is 12.1 Å². The molecule has 0 saturated heterocycles. The normalized spacial score (nSPS) is 10.6. The van der Waals surface area contributed by atoms with Crippen molar-refractivity contribution in [3.8, 4) is 0 Å². The number of hydrogen-bond acceptors (Lipinski definition) is 1. The maximum absolute atomic E-state index is 10.2. The minimum atomic E-state index is 0.344. The van der Waals surface area contributed by atoms with Crippen LogP contribution in [0.15, 0.2) is 28.7 Å². The van der Waals surface area contributed by atoms with Gasteiger partial charge in [0, 0.05) is 10.0 Å². The highest BCUT2D eigenvalue weighted by Crippen LogP contribution is 2.09. The molecule has 9 heavy (non-hydrogen) atoms. The SMILES string of the molecule is [2H]c1cc(Br)cc(C=O)c1. The Labute approximate surface area is 63.2 Å². The Morgan fingerprint density at radius 3 is 3.00 bits per heavy atom. The Kier molecular flexibility index (Phi) is 1.60. The van der Waals surface area contributed by atoms with Crippen LogP contribution in [0, 0.1) is 0 Å². The van der Waals surface area contributed by atoms with E-state index in [-0.39, 0.29) is 0 Å². The molecular weight excluding hydrogens is 180 g/mol. The monoisotopic (exact) mass is 185 g/mol. The molecule has 0 unspecified atom stereocenters. The fourth-order valence-corrected chi connectivity index (χ4v) is 0.925. The molecule has 1 nitrogen and oxygen atoms in total. The molecule has 0 fully saturated rings. The lowest BCUT2D eigenvalue weighted by atomic mass is 10.2. The number of carbonyl (C=O) groups is 1. The number of aldehydes is 1. The molecule has 0 radical (unpaired) electrons. The van der Waals surface area contributed by atoms with Gasteiger partial charge >= 0.3 is 0 Å². The Morgan fingerprint density at radius 1 is 1.67 bits per heavy atom. The summed E-state index contributed by atoms with van der Waals surface area (Å²) in [6.07, 6.45) is 0.725. The van der Waals surface area contributed by atoms with E-state index < -0.39 is 0 Å². The van der Waals surface area contributed by atoms with Gasteiger partial charge in [0.25, 0.3) is 0 Å². The number of hydrogen-bond donors (Lipinski definition) is 0. The fraction of sp³-hybridized carbons (Fsp3) is 0. The van der Waals surface area contributed by atoms with E-state index in [0.29, 0.717) is 11.6 Å². The summed E-state index contributed by atoms with van der Waals surface area (Å²) in [4.78, 5) is 10.2. The Bertz CT molecular complexity index is 240. The molecule has 2 heteroatoms. The van der Waals surface area contributed by atoms with E-state index in [1.54, 1.807) is 12.1 Å². The first-order valence-corrected chi connectivity index (χ1v) is 3.24.